The third-order valence-corrected chi connectivity index (χ3v) is 4.63. The van der Waals surface area contributed by atoms with Crippen molar-refractivity contribution in [2.24, 2.45) is 5.92 Å². The van der Waals surface area contributed by atoms with E-state index in [0.29, 0.717) is 42.2 Å². The highest BCUT2D eigenvalue weighted by Crippen LogP contribution is 2.28. The fourth-order valence-electron chi connectivity index (χ4n) is 3.22. The maximum absolute atomic E-state index is 12.2. The monoisotopic (exact) mass is 332 g/mol. The lowest BCUT2D eigenvalue weighted by molar-refractivity contribution is -0.118. The van der Waals surface area contributed by atoms with E-state index in [-0.39, 0.29) is 18.4 Å². The number of carbonyl (C=O) groups excluding carboxylic acids is 2. The van der Waals surface area contributed by atoms with Gasteiger partial charge in [0.25, 0.3) is 11.8 Å². The summed E-state index contributed by atoms with van der Waals surface area (Å²) in [6, 6.07) is 5.00. The number of anilines is 1. The molecular weight excluding hydrogens is 308 g/mol. The fraction of sp³-hybridized carbons (Fsp3) is 0.556. The predicted molar refractivity (Wildman–Crippen MR) is 90.3 cm³/mol. The molecule has 24 heavy (non-hydrogen) atoms. The Kier molecular flexibility index (Phi) is 5.35. The molecule has 1 aliphatic carbocycles. The summed E-state index contributed by atoms with van der Waals surface area (Å²) in [4.78, 5) is 23.4. The van der Waals surface area contributed by atoms with Crippen molar-refractivity contribution in [2.45, 2.75) is 38.7 Å². The molecular formula is C18H24N2O4. The number of ether oxygens (including phenoxy) is 2. The molecule has 0 unspecified atom stereocenters. The molecule has 6 heteroatoms. The number of rotatable bonds is 5. The minimum Gasteiger partial charge on any atom is -0.482 e. The standard InChI is InChI=1S/C18H24N2O4/c1-12-4-2-3-5-15(12)23-9-8-19-18(22)13-6-7-14-16(10-13)24-11-17(21)20-14/h6-7,10,12,15H,2-5,8-9,11H2,1H3,(H,19,22)(H,20,21)/t12-,15-/m1/s1. The molecule has 1 heterocycles. The first kappa shape index (κ1) is 16.8. The summed E-state index contributed by atoms with van der Waals surface area (Å²) >= 11 is 0. The van der Waals surface area contributed by atoms with Gasteiger partial charge in [-0.05, 0) is 37.0 Å². The van der Waals surface area contributed by atoms with Crippen molar-refractivity contribution in [3.05, 3.63) is 23.8 Å². The molecule has 0 spiro atoms. The van der Waals surface area contributed by atoms with E-state index in [9.17, 15) is 9.59 Å². The van der Waals surface area contributed by atoms with Gasteiger partial charge in [0.15, 0.2) is 6.61 Å². The lowest BCUT2D eigenvalue weighted by Crippen LogP contribution is -2.32. The number of carbonyl (C=O) groups is 2. The normalized spacial score (nSPS) is 23.0. The molecule has 0 aromatic heterocycles. The smallest absolute Gasteiger partial charge is 0.262 e. The van der Waals surface area contributed by atoms with E-state index in [0.717, 1.165) is 6.42 Å². The maximum atomic E-state index is 12.2. The molecule has 0 saturated heterocycles. The molecule has 0 bridgehead atoms. The van der Waals surface area contributed by atoms with Gasteiger partial charge in [0.1, 0.15) is 5.75 Å². The number of hydrogen-bond acceptors (Lipinski definition) is 4. The molecule has 130 valence electrons. The van der Waals surface area contributed by atoms with Gasteiger partial charge in [-0.25, -0.2) is 0 Å². The van der Waals surface area contributed by atoms with Crippen molar-refractivity contribution in [1.82, 2.24) is 5.32 Å². The summed E-state index contributed by atoms with van der Waals surface area (Å²) in [7, 11) is 0. The summed E-state index contributed by atoms with van der Waals surface area (Å²) in [5.41, 5.74) is 1.10. The Bertz CT molecular complexity index is 617. The van der Waals surface area contributed by atoms with E-state index >= 15 is 0 Å². The van der Waals surface area contributed by atoms with Crippen LogP contribution in [0, 0.1) is 5.92 Å². The van der Waals surface area contributed by atoms with Crippen LogP contribution >= 0.6 is 0 Å². The van der Waals surface area contributed by atoms with Crippen LogP contribution in [-0.2, 0) is 9.53 Å². The van der Waals surface area contributed by atoms with Gasteiger partial charge in [-0.15, -0.1) is 0 Å². The number of benzene rings is 1. The van der Waals surface area contributed by atoms with Crippen molar-refractivity contribution in [3.8, 4) is 5.75 Å². The predicted octanol–water partition coefficient (Wildman–Crippen LogP) is 2.34. The van der Waals surface area contributed by atoms with Crippen LogP contribution in [-0.4, -0.2) is 37.7 Å². The highest BCUT2D eigenvalue weighted by Gasteiger charge is 2.21. The first-order valence-corrected chi connectivity index (χ1v) is 8.60. The maximum Gasteiger partial charge on any atom is 0.262 e. The number of amides is 2. The van der Waals surface area contributed by atoms with Crippen LogP contribution in [0.2, 0.25) is 0 Å². The molecule has 1 aliphatic heterocycles. The largest absolute Gasteiger partial charge is 0.482 e. The Hall–Kier alpha value is -2.08. The van der Waals surface area contributed by atoms with Gasteiger partial charge >= 0.3 is 0 Å². The van der Waals surface area contributed by atoms with Crippen molar-refractivity contribution < 1.29 is 19.1 Å². The van der Waals surface area contributed by atoms with Gasteiger partial charge in [-0.3, -0.25) is 9.59 Å². The van der Waals surface area contributed by atoms with Crippen LogP contribution < -0.4 is 15.4 Å². The number of hydrogen-bond donors (Lipinski definition) is 2. The van der Waals surface area contributed by atoms with Crippen molar-refractivity contribution in [2.75, 3.05) is 25.1 Å². The molecule has 1 saturated carbocycles. The molecule has 1 aromatic carbocycles. The Morgan fingerprint density at radius 2 is 2.21 bits per heavy atom. The molecule has 2 N–H and O–H groups in total. The number of nitrogens with one attached hydrogen (secondary N) is 2. The third kappa shape index (κ3) is 4.06. The van der Waals surface area contributed by atoms with Crippen molar-refractivity contribution in [3.63, 3.8) is 0 Å². The summed E-state index contributed by atoms with van der Waals surface area (Å²) < 4.78 is 11.2. The van der Waals surface area contributed by atoms with Crippen LogP contribution in [0.3, 0.4) is 0 Å². The van der Waals surface area contributed by atoms with Gasteiger partial charge in [-0.1, -0.05) is 19.8 Å². The Morgan fingerprint density at radius 1 is 1.38 bits per heavy atom. The van der Waals surface area contributed by atoms with Gasteiger partial charge in [-0.2, -0.15) is 0 Å². The summed E-state index contributed by atoms with van der Waals surface area (Å²) in [6.45, 7) is 3.22. The van der Waals surface area contributed by atoms with Crippen LogP contribution in [0.25, 0.3) is 0 Å². The quantitative estimate of drug-likeness (QED) is 0.812. The van der Waals surface area contributed by atoms with E-state index in [1.165, 1.54) is 19.3 Å². The summed E-state index contributed by atoms with van der Waals surface area (Å²) in [5.74, 6) is 0.768. The zero-order valence-corrected chi connectivity index (χ0v) is 14.0. The van der Waals surface area contributed by atoms with Gasteiger partial charge < -0.3 is 20.1 Å². The molecule has 2 amide bonds. The Balaban J connectivity index is 1.46. The molecule has 2 atom stereocenters. The van der Waals surface area contributed by atoms with E-state index in [1.54, 1.807) is 18.2 Å². The molecule has 1 fully saturated rings. The van der Waals surface area contributed by atoms with Crippen molar-refractivity contribution >= 4 is 17.5 Å². The average Bonchev–Trinajstić information content (AvgIpc) is 2.59. The minimum atomic E-state index is -0.186. The van der Waals surface area contributed by atoms with E-state index in [4.69, 9.17) is 9.47 Å². The second kappa shape index (κ2) is 7.66. The lowest BCUT2D eigenvalue weighted by Gasteiger charge is -2.28. The Labute approximate surface area is 141 Å². The lowest BCUT2D eigenvalue weighted by atomic mass is 9.88. The zero-order chi connectivity index (χ0) is 16.9. The molecule has 0 radical (unpaired) electrons. The third-order valence-electron chi connectivity index (χ3n) is 4.63. The van der Waals surface area contributed by atoms with Crippen LogP contribution in [0.5, 0.6) is 5.75 Å². The molecule has 6 nitrogen and oxygen atoms in total. The SMILES string of the molecule is C[C@@H]1CCCC[C@H]1OCCNC(=O)c1ccc2c(c1)OCC(=O)N2. The molecule has 1 aromatic rings. The van der Waals surface area contributed by atoms with Crippen molar-refractivity contribution in [1.29, 1.82) is 0 Å². The minimum absolute atomic E-state index is 0.0223. The highest BCUT2D eigenvalue weighted by atomic mass is 16.5. The second-order valence-electron chi connectivity index (χ2n) is 6.47. The van der Waals surface area contributed by atoms with Crippen LogP contribution in [0.4, 0.5) is 5.69 Å². The Morgan fingerprint density at radius 3 is 3.04 bits per heavy atom. The molecule has 3 rings (SSSR count). The second-order valence-corrected chi connectivity index (χ2v) is 6.47. The first-order valence-electron chi connectivity index (χ1n) is 8.60. The zero-order valence-electron chi connectivity index (χ0n) is 14.0. The van der Waals surface area contributed by atoms with Gasteiger partial charge in [0.2, 0.25) is 0 Å². The number of fused-ring (bicyclic) bond motifs is 1. The van der Waals surface area contributed by atoms with E-state index in [2.05, 4.69) is 17.6 Å². The topological polar surface area (TPSA) is 76.7 Å². The van der Waals surface area contributed by atoms with Gasteiger partial charge in [0, 0.05) is 12.1 Å². The summed E-state index contributed by atoms with van der Waals surface area (Å²) in [5, 5.41) is 5.57. The fourth-order valence-corrected chi connectivity index (χ4v) is 3.22. The van der Waals surface area contributed by atoms with E-state index < -0.39 is 0 Å². The van der Waals surface area contributed by atoms with Crippen LogP contribution in [0.15, 0.2) is 18.2 Å². The van der Waals surface area contributed by atoms with Crippen LogP contribution in [0.1, 0.15) is 43.0 Å². The van der Waals surface area contributed by atoms with Gasteiger partial charge in [0.05, 0.1) is 18.4 Å². The first-order chi connectivity index (χ1) is 11.6. The summed E-state index contributed by atoms with van der Waals surface area (Å²) in [6.07, 6.45) is 5.17. The highest BCUT2D eigenvalue weighted by molar-refractivity contribution is 5.98. The average molecular weight is 332 g/mol. The van der Waals surface area contributed by atoms with E-state index in [1.807, 2.05) is 0 Å². The molecule has 2 aliphatic rings.